The third-order valence-corrected chi connectivity index (χ3v) is 3.08. The van der Waals surface area contributed by atoms with E-state index in [1.165, 1.54) is 11.1 Å². The minimum atomic E-state index is -0.0328. The van der Waals surface area contributed by atoms with Gasteiger partial charge in [0, 0.05) is 5.41 Å². The fourth-order valence-electron chi connectivity index (χ4n) is 1.90. The first-order chi connectivity index (χ1) is 7.60. The molecule has 0 aliphatic rings. The molecule has 2 rings (SSSR count). The van der Waals surface area contributed by atoms with Crippen LogP contribution in [0.25, 0.3) is 0 Å². The second-order valence-electron chi connectivity index (χ2n) is 4.54. The molecular formula is C16H22Cl2O. The zero-order valence-electron chi connectivity index (χ0n) is 10.5. The normalized spacial score (nSPS) is 9.58. The minimum absolute atomic E-state index is 0. The summed E-state index contributed by atoms with van der Waals surface area (Å²) < 4.78 is 0. The molecule has 1 nitrogen and oxygen atoms in total. The maximum atomic E-state index is 9.29. The number of aromatic hydroxyl groups is 1. The summed E-state index contributed by atoms with van der Waals surface area (Å²) in [5.74, 6) is 0.313. The molecule has 1 N–H and O–H groups in total. The molecular weight excluding hydrogens is 279 g/mol. The lowest BCUT2D eigenvalue weighted by molar-refractivity contribution is 0.474. The van der Waals surface area contributed by atoms with Gasteiger partial charge in [-0.1, -0.05) is 63.7 Å². The second-order valence-corrected chi connectivity index (χ2v) is 4.54. The molecule has 0 amide bonds. The lowest BCUT2D eigenvalue weighted by Crippen LogP contribution is -2.18. The van der Waals surface area contributed by atoms with Crippen LogP contribution >= 0.6 is 24.8 Å². The maximum Gasteiger partial charge on any atom is 0.115 e. The molecule has 0 aliphatic heterocycles. The molecule has 0 radical (unpaired) electrons. The van der Waals surface area contributed by atoms with Gasteiger partial charge >= 0.3 is 0 Å². The van der Waals surface area contributed by atoms with E-state index in [1.54, 1.807) is 12.1 Å². The number of phenolic OH excluding ortho intramolecular Hbond substituents is 1. The van der Waals surface area contributed by atoms with Crippen LogP contribution in [0, 0.1) is 0 Å². The van der Waals surface area contributed by atoms with Gasteiger partial charge in [-0.2, -0.15) is 0 Å². The Morgan fingerprint density at radius 2 is 1.16 bits per heavy atom. The lowest BCUT2D eigenvalue weighted by Gasteiger charge is -2.26. The molecule has 0 aromatic heterocycles. The summed E-state index contributed by atoms with van der Waals surface area (Å²) in [5, 5.41) is 9.29. The van der Waals surface area contributed by atoms with Gasteiger partial charge in [0.1, 0.15) is 5.75 Å². The van der Waals surface area contributed by atoms with Crippen LogP contribution in [0.4, 0.5) is 0 Å². The fourth-order valence-corrected chi connectivity index (χ4v) is 1.90. The number of rotatable bonds is 2. The van der Waals surface area contributed by atoms with Crippen molar-refractivity contribution in [3.63, 3.8) is 0 Å². The van der Waals surface area contributed by atoms with Gasteiger partial charge in [-0.15, -0.1) is 24.8 Å². The highest BCUT2D eigenvalue weighted by atomic mass is 35.5. The quantitative estimate of drug-likeness (QED) is 0.808. The summed E-state index contributed by atoms with van der Waals surface area (Å²) in [5.41, 5.74) is 2.45. The topological polar surface area (TPSA) is 20.2 Å². The van der Waals surface area contributed by atoms with Gasteiger partial charge in [0.2, 0.25) is 0 Å². The van der Waals surface area contributed by atoms with Crippen LogP contribution in [-0.4, -0.2) is 5.11 Å². The standard InChI is InChI=1S/C15H16O.CH4.2ClH/c1-15(2,12-6-4-3-5-7-12)13-8-10-14(16)11-9-13;;;/h3-11,16H,1-2H3;1H4;2*1H. The molecule has 106 valence electrons. The predicted molar refractivity (Wildman–Crippen MR) is 87.9 cm³/mol. The Hall–Kier alpha value is -1.18. The largest absolute Gasteiger partial charge is 0.508 e. The van der Waals surface area contributed by atoms with Crippen molar-refractivity contribution >= 4 is 24.8 Å². The molecule has 3 heteroatoms. The van der Waals surface area contributed by atoms with E-state index in [-0.39, 0.29) is 37.7 Å². The maximum absolute atomic E-state index is 9.29. The van der Waals surface area contributed by atoms with Gasteiger partial charge < -0.3 is 5.11 Å². The number of benzene rings is 2. The Morgan fingerprint density at radius 1 is 0.737 bits per heavy atom. The van der Waals surface area contributed by atoms with Crippen molar-refractivity contribution < 1.29 is 5.11 Å². The van der Waals surface area contributed by atoms with Crippen molar-refractivity contribution in [1.82, 2.24) is 0 Å². The number of phenols is 1. The molecule has 2 aromatic carbocycles. The Morgan fingerprint density at radius 3 is 1.63 bits per heavy atom. The van der Waals surface area contributed by atoms with E-state index in [0.717, 1.165) is 0 Å². The van der Waals surface area contributed by atoms with E-state index < -0.39 is 0 Å². The SMILES string of the molecule is C.CC(C)(c1ccccc1)c1ccc(O)cc1.Cl.Cl. The summed E-state index contributed by atoms with van der Waals surface area (Å²) in [6.45, 7) is 4.38. The van der Waals surface area contributed by atoms with Crippen molar-refractivity contribution in [2.75, 3.05) is 0 Å². The molecule has 19 heavy (non-hydrogen) atoms. The van der Waals surface area contributed by atoms with Crippen LogP contribution in [0.5, 0.6) is 5.75 Å². The van der Waals surface area contributed by atoms with Crippen LogP contribution in [0.15, 0.2) is 54.6 Å². The first-order valence-corrected chi connectivity index (χ1v) is 5.46. The van der Waals surface area contributed by atoms with Gasteiger partial charge in [-0.25, -0.2) is 0 Å². The zero-order valence-corrected chi connectivity index (χ0v) is 12.1. The van der Waals surface area contributed by atoms with Crippen molar-refractivity contribution in [3.8, 4) is 5.75 Å². The molecule has 0 fully saturated rings. The van der Waals surface area contributed by atoms with Crippen LogP contribution < -0.4 is 0 Å². The highest BCUT2D eigenvalue weighted by Gasteiger charge is 2.22. The summed E-state index contributed by atoms with van der Waals surface area (Å²) in [4.78, 5) is 0. The Bertz CT molecular complexity index is 464. The molecule has 0 unspecified atom stereocenters. The zero-order chi connectivity index (χ0) is 11.6. The summed E-state index contributed by atoms with van der Waals surface area (Å²) >= 11 is 0. The van der Waals surface area contributed by atoms with E-state index in [4.69, 9.17) is 0 Å². The molecule has 0 saturated carbocycles. The summed E-state index contributed by atoms with van der Waals surface area (Å²) in [7, 11) is 0. The average Bonchev–Trinajstić information content (AvgIpc) is 2.31. The molecule has 2 aromatic rings. The average molecular weight is 301 g/mol. The van der Waals surface area contributed by atoms with Crippen LogP contribution in [0.2, 0.25) is 0 Å². The molecule has 0 spiro atoms. The van der Waals surface area contributed by atoms with E-state index >= 15 is 0 Å². The number of hydrogen-bond acceptors (Lipinski definition) is 1. The van der Waals surface area contributed by atoms with Crippen molar-refractivity contribution in [2.45, 2.75) is 26.7 Å². The van der Waals surface area contributed by atoms with Gasteiger partial charge in [-0.3, -0.25) is 0 Å². The van der Waals surface area contributed by atoms with Gasteiger partial charge in [0.05, 0.1) is 0 Å². The van der Waals surface area contributed by atoms with Gasteiger partial charge in [0.25, 0.3) is 0 Å². The van der Waals surface area contributed by atoms with Gasteiger partial charge in [-0.05, 0) is 23.3 Å². The van der Waals surface area contributed by atoms with E-state index in [9.17, 15) is 5.11 Å². The monoisotopic (exact) mass is 300 g/mol. The Balaban J connectivity index is 0. The first kappa shape index (κ1) is 20.1. The summed E-state index contributed by atoms with van der Waals surface area (Å²) in [6.07, 6.45) is 0. The summed E-state index contributed by atoms with van der Waals surface area (Å²) in [6, 6.07) is 17.8. The van der Waals surface area contributed by atoms with Gasteiger partial charge in [0.15, 0.2) is 0 Å². The minimum Gasteiger partial charge on any atom is -0.508 e. The molecule has 0 aliphatic carbocycles. The Labute approximate surface area is 128 Å². The van der Waals surface area contributed by atoms with Crippen molar-refractivity contribution in [2.24, 2.45) is 0 Å². The third kappa shape index (κ3) is 4.45. The van der Waals surface area contributed by atoms with E-state index in [2.05, 4.69) is 38.1 Å². The molecule has 0 saturated heterocycles. The van der Waals surface area contributed by atoms with E-state index in [1.807, 2.05) is 18.2 Å². The van der Waals surface area contributed by atoms with Crippen LogP contribution in [0.1, 0.15) is 32.4 Å². The second kappa shape index (κ2) is 8.08. The molecule has 0 bridgehead atoms. The molecule has 0 heterocycles. The van der Waals surface area contributed by atoms with Crippen LogP contribution in [0.3, 0.4) is 0 Å². The Kier molecular flexibility index (Phi) is 8.57. The highest BCUT2D eigenvalue weighted by Crippen LogP contribution is 2.31. The molecule has 0 atom stereocenters. The third-order valence-electron chi connectivity index (χ3n) is 3.08. The lowest BCUT2D eigenvalue weighted by atomic mass is 9.78. The predicted octanol–water partition coefficient (Wildman–Crippen LogP) is 5.20. The first-order valence-electron chi connectivity index (χ1n) is 5.46. The smallest absolute Gasteiger partial charge is 0.115 e. The van der Waals surface area contributed by atoms with Crippen molar-refractivity contribution in [3.05, 3.63) is 65.7 Å². The highest BCUT2D eigenvalue weighted by molar-refractivity contribution is 5.85. The van der Waals surface area contributed by atoms with E-state index in [0.29, 0.717) is 5.75 Å². The van der Waals surface area contributed by atoms with Crippen molar-refractivity contribution in [1.29, 1.82) is 0 Å². The number of halogens is 2. The number of hydrogen-bond donors (Lipinski definition) is 1. The van der Waals surface area contributed by atoms with Crippen LogP contribution in [-0.2, 0) is 5.41 Å². The fraction of sp³-hybridized carbons (Fsp3) is 0.250.